The minimum absolute atomic E-state index is 0.130. The third-order valence-corrected chi connectivity index (χ3v) is 2.05. The summed E-state index contributed by atoms with van der Waals surface area (Å²) in [7, 11) is 1.42. The zero-order valence-corrected chi connectivity index (χ0v) is 9.66. The second-order valence-corrected chi connectivity index (χ2v) is 3.49. The van der Waals surface area contributed by atoms with Crippen LogP contribution in [0.3, 0.4) is 0 Å². The predicted octanol–water partition coefficient (Wildman–Crippen LogP) is 1.83. The maximum absolute atomic E-state index is 11.0. The lowest BCUT2D eigenvalue weighted by Gasteiger charge is -2.06. The van der Waals surface area contributed by atoms with Crippen LogP contribution in [0.4, 0.5) is 0 Å². The molecule has 0 aromatic heterocycles. The molecule has 0 aliphatic rings. The largest absolute Gasteiger partial charge is 0.494 e. The Labute approximate surface area is 95.5 Å². The number of amides is 1. The topological polar surface area (TPSA) is 47.6 Å². The number of hydroxylamine groups is 1. The summed E-state index contributed by atoms with van der Waals surface area (Å²) in [5.41, 5.74) is 3.46. The van der Waals surface area contributed by atoms with Gasteiger partial charge in [-0.3, -0.25) is 9.63 Å². The first kappa shape index (κ1) is 12.5. The van der Waals surface area contributed by atoms with Gasteiger partial charge in [0.1, 0.15) is 5.75 Å². The quantitative estimate of drug-likeness (QED) is 0.591. The number of aryl methyl sites for hydroxylation is 1. The molecule has 0 fully saturated rings. The summed E-state index contributed by atoms with van der Waals surface area (Å²) in [6, 6.07) is 7.83. The first-order valence-electron chi connectivity index (χ1n) is 5.23. The van der Waals surface area contributed by atoms with Crippen LogP contribution in [0.15, 0.2) is 24.3 Å². The minimum atomic E-state index is -0.130. The van der Waals surface area contributed by atoms with Crippen LogP contribution in [-0.2, 0) is 9.63 Å². The highest BCUT2D eigenvalue weighted by atomic mass is 16.6. The molecule has 1 aromatic rings. The Hall–Kier alpha value is -1.55. The molecule has 1 rings (SSSR count). The van der Waals surface area contributed by atoms with E-state index in [4.69, 9.17) is 4.74 Å². The fraction of sp³-hybridized carbons (Fsp3) is 0.417. The van der Waals surface area contributed by atoms with Crippen molar-refractivity contribution in [3.8, 4) is 5.75 Å². The zero-order chi connectivity index (χ0) is 11.8. The summed E-state index contributed by atoms with van der Waals surface area (Å²) in [5.74, 6) is 0.702. The normalized spacial score (nSPS) is 9.88. The van der Waals surface area contributed by atoms with Gasteiger partial charge in [-0.05, 0) is 25.5 Å². The van der Waals surface area contributed by atoms with Crippen LogP contribution in [0.2, 0.25) is 0 Å². The second-order valence-electron chi connectivity index (χ2n) is 3.49. The molecule has 4 heteroatoms. The Morgan fingerprint density at radius 3 is 2.62 bits per heavy atom. The summed E-state index contributed by atoms with van der Waals surface area (Å²) >= 11 is 0. The lowest BCUT2D eigenvalue weighted by Crippen LogP contribution is -2.21. The van der Waals surface area contributed by atoms with Crippen LogP contribution in [0, 0.1) is 6.92 Å². The van der Waals surface area contributed by atoms with Gasteiger partial charge in [0.2, 0.25) is 5.91 Å². The van der Waals surface area contributed by atoms with Gasteiger partial charge in [0.05, 0.1) is 13.7 Å². The van der Waals surface area contributed by atoms with Crippen LogP contribution in [-0.4, -0.2) is 19.6 Å². The van der Waals surface area contributed by atoms with Gasteiger partial charge in [-0.15, -0.1) is 0 Å². The van der Waals surface area contributed by atoms with Gasteiger partial charge in [-0.25, -0.2) is 5.48 Å². The van der Waals surface area contributed by atoms with Crippen LogP contribution in [0.25, 0.3) is 0 Å². The first-order chi connectivity index (χ1) is 7.72. The average molecular weight is 223 g/mol. The monoisotopic (exact) mass is 223 g/mol. The van der Waals surface area contributed by atoms with E-state index in [0.717, 1.165) is 5.75 Å². The molecule has 16 heavy (non-hydrogen) atoms. The Balaban J connectivity index is 2.16. The van der Waals surface area contributed by atoms with E-state index < -0.39 is 0 Å². The number of rotatable bonds is 6. The first-order valence-corrected chi connectivity index (χ1v) is 5.23. The maximum Gasteiger partial charge on any atom is 0.243 e. The molecule has 1 aromatic carbocycles. The Bertz CT molecular complexity index is 322. The molecular weight excluding hydrogens is 206 g/mol. The summed E-state index contributed by atoms with van der Waals surface area (Å²) in [5, 5.41) is 0. The summed E-state index contributed by atoms with van der Waals surface area (Å²) in [4.78, 5) is 15.5. The van der Waals surface area contributed by atoms with Crippen LogP contribution in [0.1, 0.15) is 18.4 Å². The predicted molar refractivity (Wildman–Crippen MR) is 61.1 cm³/mol. The van der Waals surface area contributed by atoms with Crippen molar-refractivity contribution >= 4 is 5.91 Å². The standard InChI is InChI=1S/C12H17NO3/c1-10-5-7-11(8-6-10)16-9-3-4-12(14)13-15-2/h5-8H,3-4,9H2,1-2H3,(H,13,14). The van der Waals surface area contributed by atoms with Gasteiger partial charge >= 0.3 is 0 Å². The van der Waals surface area contributed by atoms with Crippen molar-refractivity contribution in [2.75, 3.05) is 13.7 Å². The third kappa shape index (κ3) is 4.79. The highest BCUT2D eigenvalue weighted by Gasteiger charge is 2.00. The molecule has 0 saturated carbocycles. The molecule has 0 bridgehead atoms. The molecule has 0 spiro atoms. The van der Waals surface area contributed by atoms with E-state index in [1.165, 1.54) is 12.7 Å². The van der Waals surface area contributed by atoms with Gasteiger partial charge in [-0.1, -0.05) is 17.7 Å². The van der Waals surface area contributed by atoms with E-state index in [0.29, 0.717) is 19.4 Å². The molecule has 1 N–H and O–H groups in total. The van der Waals surface area contributed by atoms with E-state index in [2.05, 4.69) is 10.3 Å². The number of carbonyl (C=O) groups excluding carboxylic acids is 1. The molecule has 0 aliphatic heterocycles. The highest BCUT2D eigenvalue weighted by molar-refractivity contribution is 5.74. The molecule has 88 valence electrons. The zero-order valence-electron chi connectivity index (χ0n) is 9.66. The SMILES string of the molecule is CONC(=O)CCCOc1ccc(C)cc1. The van der Waals surface area contributed by atoms with E-state index in [1.54, 1.807) is 0 Å². The molecule has 0 radical (unpaired) electrons. The van der Waals surface area contributed by atoms with Crippen molar-refractivity contribution in [1.29, 1.82) is 0 Å². The molecule has 0 aliphatic carbocycles. The van der Waals surface area contributed by atoms with Crippen LogP contribution in [0.5, 0.6) is 5.75 Å². The van der Waals surface area contributed by atoms with Crippen LogP contribution < -0.4 is 10.2 Å². The molecule has 0 saturated heterocycles. The summed E-state index contributed by atoms with van der Waals surface area (Å²) in [6.07, 6.45) is 1.07. The Kier molecular flexibility index (Phi) is 5.36. The number of nitrogens with one attached hydrogen (secondary N) is 1. The van der Waals surface area contributed by atoms with E-state index in [9.17, 15) is 4.79 Å². The number of ether oxygens (including phenoxy) is 1. The van der Waals surface area contributed by atoms with Crippen molar-refractivity contribution in [3.05, 3.63) is 29.8 Å². The fourth-order valence-electron chi connectivity index (χ4n) is 1.22. The van der Waals surface area contributed by atoms with Gasteiger partial charge in [0.15, 0.2) is 0 Å². The van der Waals surface area contributed by atoms with Crippen molar-refractivity contribution in [2.45, 2.75) is 19.8 Å². The fourth-order valence-corrected chi connectivity index (χ4v) is 1.22. The van der Waals surface area contributed by atoms with Crippen molar-refractivity contribution in [1.82, 2.24) is 5.48 Å². The number of benzene rings is 1. The van der Waals surface area contributed by atoms with Crippen molar-refractivity contribution in [3.63, 3.8) is 0 Å². The molecule has 0 atom stereocenters. The Morgan fingerprint density at radius 1 is 1.31 bits per heavy atom. The number of hydrogen-bond donors (Lipinski definition) is 1. The Morgan fingerprint density at radius 2 is 2.00 bits per heavy atom. The van der Waals surface area contributed by atoms with E-state index in [-0.39, 0.29) is 5.91 Å². The van der Waals surface area contributed by atoms with Gasteiger partial charge in [0.25, 0.3) is 0 Å². The average Bonchev–Trinajstić information content (AvgIpc) is 2.27. The maximum atomic E-state index is 11.0. The minimum Gasteiger partial charge on any atom is -0.494 e. The highest BCUT2D eigenvalue weighted by Crippen LogP contribution is 2.11. The lowest BCUT2D eigenvalue weighted by molar-refractivity contribution is -0.131. The number of carbonyl (C=O) groups is 1. The van der Waals surface area contributed by atoms with E-state index >= 15 is 0 Å². The third-order valence-electron chi connectivity index (χ3n) is 2.05. The summed E-state index contributed by atoms with van der Waals surface area (Å²) in [6.45, 7) is 2.55. The second kappa shape index (κ2) is 6.85. The van der Waals surface area contributed by atoms with Gasteiger partial charge in [-0.2, -0.15) is 0 Å². The van der Waals surface area contributed by atoms with Crippen LogP contribution >= 0.6 is 0 Å². The van der Waals surface area contributed by atoms with Crippen molar-refractivity contribution < 1.29 is 14.4 Å². The summed E-state index contributed by atoms with van der Waals surface area (Å²) < 4.78 is 5.47. The molecular formula is C12H17NO3. The van der Waals surface area contributed by atoms with E-state index in [1.807, 2.05) is 31.2 Å². The lowest BCUT2D eigenvalue weighted by atomic mass is 10.2. The van der Waals surface area contributed by atoms with Gasteiger partial charge < -0.3 is 4.74 Å². The smallest absolute Gasteiger partial charge is 0.243 e. The van der Waals surface area contributed by atoms with Gasteiger partial charge in [0, 0.05) is 6.42 Å². The molecule has 0 unspecified atom stereocenters. The molecule has 1 amide bonds. The molecule has 0 heterocycles. The number of hydrogen-bond acceptors (Lipinski definition) is 3. The molecule has 4 nitrogen and oxygen atoms in total. The van der Waals surface area contributed by atoms with Crippen molar-refractivity contribution in [2.24, 2.45) is 0 Å².